The van der Waals surface area contributed by atoms with Gasteiger partial charge in [0.15, 0.2) is 0 Å². The molecule has 0 amide bonds. The number of ether oxygens (including phenoxy) is 1. The van der Waals surface area contributed by atoms with Gasteiger partial charge in [0.05, 0.1) is 29.9 Å². The Labute approximate surface area is 100 Å². The van der Waals surface area contributed by atoms with Crippen LogP contribution in [0.2, 0.25) is 0 Å². The van der Waals surface area contributed by atoms with Gasteiger partial charge in [-0.25, -0.2) is 4.98 Å². The molecule has 1 aliphatic rings. The number of nitrogens with zero attached hydrogens (tertiary/aromatic N) is 3. The minimum absolute atomic E-state index is 0.803. The molecule has 0 N–H and O–H groups in total. The molecule has 0 bridgehead atoms. The van der Waals surface area contributed by atoms with Gasteiger partial charge in [-0.05, 0) is 25.1 Å². The van der Waals surface area contributed by atoms with Crippen molar-refractivity contribution in [1.82, 2.24) is 9.97 Å². The maximum absolute atomic E-state index is 5.36. The predicted molar refractivity (Wildman–Crippen MR) is 67.3 cm³/mol. The SMILES string of the molecule is Cc1cnc2ccc(N3CCOCC3)cc2n1. The molecule has 0 saturated carbocycles. The molecule has 0 unspecified atom stereocenters. The van der Waals surface area contributed by atoms with Gasteiger partial charge in [-0.2, -0.15) is 0 Å². The molecule has 1 aliphatic heterocycles. The van der Waals surface area contributed by atoms with Crippen molar-refractivity contribution in [1.29, 1.82) is 0 Å². The first-order valence-corrected chi connectivity index (χ1v) is 5.89. The highest BCUT2D eigenvalue weighted by Crippen LogP contribution is 2.20. The molecule has 1 saturated heterocycles. The largest absolute Gasteiger partial charge is 0.378 e. The number of hydrogen-bond acceptors (Lipinski definition) is 4. The molecule has 4 nitrogen and oxygen atoms in total. The topological polar surface area (TPSA) is 38.2 Å². The Kier molecular flexibility index (Phi) is 2.65. The molecular formula is C13H15N3O. The lowest BCUT2D eigenvalue weighted by Gasteiger charge is -2.28. The van der Waals surface area contributed by atoms with Gasteiger partial charge in [-0.15, -0.1) is 0 Å². The summed E-state index contributed by atoms with van der Waals surface area (Å²) in [5, 5.41) is 0. The van der Waals surface area contributed by atoms with Crippen molar-refractivity contribution in [2.24, 2.45) is 0 Å². The minimum atomic E-state index is 0.803. The van der Waals surface area contributed by atoms with Gasteiger partial charge in [0, 0.05) is 25.0 Å². The lowest BCUT2D eigenvalue weighted by atomic mass is 10.2. The second kappa shape index (κ2) is 4.30. The van der Waals surface area contributed by atoms with Crippen molar-refractivity contribution < 1.29 is 4.74 Å². The quantitative estimate of drug-likeness (QED) is 0.747. The Bertz CT molecular complexity index is 535. The number of rotatable bonds is 1. The Morgan fingerprint density at radius 3 is 2.82 bits per heavy atom. The molecule has 0 spiro atoms. The number of aryl methyl sites for hydroxylation is 1. The number of morpholine rings is 1. The third-order valence-corrected chi connectivity index (χ3v) is 3.02. The number of anilines is 1. The zero-order valence-corrected chi connectivity index (χ0v) is 9.89. The van der Waals surface area contributed by atoms with E-state index in [0.717, 1.165) is 43.0 Å². The van der Waals surface area contributed by atoms with Gasteiger partial charge in [0.1, 0.15) is 0 Å². The van der Waals surface area contributed by atoms with Crippen molar-refractivity contribution in [3.8, 4) is 0 Å². The second-order valence-corrected chi connectivity index (χ2v) is 4.28. The zero-order chi connectivity index (χ0) is 11.7. The van der Waals surface area contributed by atoms with Gasteiger partial charge in [-0.1, -0.05) is 0 Å². The Morgan fingerprint density at radius 2 is 2.00 bits per heavy atom. The fourth-order valence-electron chi connectivity index (χ4n) is 2.11. The Morgan fingerprint density at radius 1 is 1.18 bits per heavy atom. The second-order valence-electron chi connectivity index (χ2n) is 4.28. The lowest BCUT2D eigenvalue weighted by molar-refractivity contribution is 0.122. The van der Waals surface area contributed by atoms with Gasteiger partial charge < -0.3 is 9.64 Å². The fourth-order valence-corrected chi connectivity index (χ4v) is 2.11. The summed E-state index contributed by atoms with van der Waals surface area (Å²) in [5.74, 6) is 0. The molecule has 1 fully saturated rings. The summed E-state index contributed by atoms with van der Waals surface area (Å²) in [5.41, 5.74) is 4.08. The van der Waals surface area contributed by atoms with E-state index in [-0.39, 0.29) is 0 Å². The summed E-state index contributed by atoms with van der Waals surface area (Å²) >= 11 is 0. The molecule has 3 rings (SSSR count). The van der Waals surface area contributed by atoms with Crippen LogP contribution in [-0.2, 0) is 4.74 Å². The molecule has 0 atom stereocenters. The molecule has 17 heavy (non-hydrogen) atoms. The minimum Gasteiger partial charge on any atom is -0.378 e. The van der Waals surface area contributed by atoms with Crippen LogP contribution < -0.4 is 4.90 Å². The normalized spacial score (nSPS) is 16.4. The third-order valence-electron chi connectivity index (χ3n) is 3.02. The standard InChI is InChI=1S/C13H15N3O/c1-10-9-14-12-3-2-11(8-13(12)15-10)16-4-6-17-7-5-16/h2-3,8-9H,4-7H2,1H3. The van der Waals surface area contributed by atoms with Gasteiger partial charge in [-0.3, -0.25) is 4.98 Å². The molecule has 88 valence electrons. The summed E-state index contributed by atoms with van der Waals surface area (Å²) in [6, 6.07) is 6.25. The van der Waals surface area contributed by atoms with Gasteiger partial charge in [0.2, 0.25) is 0 Å². The summed E-state index contributed by atoms with van der Waals surface area (Å²) < 4.78 is 5.36. The Balaban J connectivity index is 1.99. The molecule has 0 radical (unpaired) electrons. The molecule has 4 heteroatoms. The van der Waals surface area contributed by atoms with E-state index in [2.05, 4.69) is 27.0 Å². The van der Waals surface area contributed by atoms with Crippen LogP contribution in [0.15, 0.2) is 24.4 Å². The van der Waals surface area contributed by atoms with Crippen LogP contribution in [0.1, 0.15) is 5.69 Å². The summed E-state index contributed by atoms with van der Waals surface area (Å²) in [6.07, 6.45) is 1.80. The average Bonchev–Trinajstić information content (AvgIpc) is 2.39. The van der Waals surface area contributed by atoms with E-state index in [1.807, 2.05) is 13.0 Å². The highest BCUT2D eigenvalue weighted by atomic mass is 16.5. The van der Waals surface area contributed by atoms with E-state index < -0.39 is 0 Å². The first kappa shape index (κ1) is 10.5. The van der Waals surface area contributed by atoms with Crippen molar-refractivity contribution in [2.45, 2.75) is 6.92 Å². The monoisotopic (exact) mass is 229 g/mol. The number of aromatic nitrogens is 2. The Hall–Kier alpha value is -1.68. The lowest BCUT2D eigenvalue weighted by Crippen LogP contribution is -2.36. The van der Waals surface area contributed by atoms with Crippen molar-refractivity contribution in [3.63, 3.8) is 0 Å². The predicted octanol–water partition coefficient (Wildman–Crippen LogP) is 1.77. The van der Waals surface area contributed by atoms with Crippen LogP contribution in [0.5, 0.6) is 0 Å². The molecule has 1 aromatic carbocycles. The van der Waals surface area contributed by atoms with Crippen LogP contribution in [0.4, 0.5) is 5.69 Å². The van der Waals surface area contributed by atoms with E-state index in [9.17, 15) is 0 Å². The van der Waals surface area contributed by atoms with Gasteiger partial charge in [0.25, 0.3) is 0 Å². The highest BCUT2D eigenvalue weighted by Gasteiger charge is 2.11. The van der Waals surface area contributed by atoms with E-state index in [0.29, 0.717) is 0 Å². The molecule has 0 aliphatic carbocycles. The summed E-state index contributed by atoms with van der Waals surface area (Å²) in [7, 11) is 0. The maximum Gasteiger partial charge on any atom is 0.0910 e. The maximum atomic E-state index is 5.36. The number of fused-ring (bicyclic) bond motifs is 1. The third kappa shape index (κ3) is 2.08. The van der Waals surface area contributed by atoms with E-state index in [1.54, 1.807) is 6.20 Å². The molecule has 1 aromatic heterocycles. The van der Waals surface area contributed by atoms with Crippen LogP contribution in [-0.4, -0.2) is 36.3 Å². The van der Waals surface area contributed by atoms with Crippen LogP contribution in [0.25, 0.3) is 11.0 Å². The highest BCUT2D eigenvalue weighted by molar-refractivity contribution is 5.78. The molecule has 2 heterocycles. The first-order valence-electron chi connectivity index (χ1n) is 5.89. The zero-order valence-electron chi connectivity index (χ0n) is 9.89. The first-order chi connectivity index (χ1) is 8.33. The van der Waals surface area contributed by atoms with Crippen molar-refractivity contribution >= 4 is 16.7 Å². The van der Waals surface area contributed by atoms with Crippen LogP contribution >= 0.6 is 0 Å². The van der Waals surface area contributed by atoms with E-state index >= 15 is 0 Å². The summed E-state index contributed by atoms with van der Waals surface area (Å²) in [4.78, 5) is 11.2. The smallest absolute Gasteiger partial charge is 0.0910 e. The van der Waals surface area contributed by atoms with Gasteiger partial charge >= 0.3 is 0 Å². The fraction of sp³-hybridized carbons (Fsp3) is 0.385. The van der Waals surface area contributed by atoms with Crippen LogP contribution in [0.3, 0.4) is 0 Å². The van der Waals surface area contributed by atoms with E-state index in [1.165, 1.54) is 5.69 Å². The number of benzene rings is 1. The van der Waals surface area contributed by atoms with Crippen LogP contribution in [0, 0.1) is 6.92 Å². The van der Waals surface area contributed by atoms with Crippen molar-refractivity contribution in [2.75, 3.05) is 31.2 Å². The number of hydrogen-bond donors (Lipinski definition) is 0. The summed E-state index contributed by atoms with van der Waals surface area (Å²) in [6.45, 7) is 5.47. The van der Waals surface area contributed by atoms with Crippen molar-refractivity contribution in [3.05, 3.63) is 30.1 Å². The van der Waals surface area contributed by atoms with E-state index in [4.69, 9.17) is 4.74 Å². The molecular weight excluding hydrogens is 214 g/mol. The molecule has 2 aromatic rings. The average molecular weight is 229 g/mol.